The summed E-state index contributed by atoms with van der Waals surface area (Å²) in [7, 11) is -4.76. The van der Waals surface area contributed by atoms with E-state index in [1.807, 2.05) is 0 Å². The van der Waals surface area contributed by atoms with Crippen LogP contribution < -0.4 is 0 Å². The summed E-state index contributed by atoms with van der Waals surface area (Å²) in [6.07, 6.45) is 45.5. The van der Waals surface area contributed by atoms with Crippen LogP contribution in [0.3, 0.4) is 0 Å². The second-order valence-electron chi connectivity index (χ2n) is 13.6. The van der Waals surface area contributed by atoms with Crippen LogP contribution in [-0.2, 0) is 28.2 Å². The van der Waals surface area contributed by atoms with E-state index in [-0.39, 0.29) is 19.4 Å². The van der Waals surface area contributed by atoms with Crippen LogP contribution in [0.5, 0.6) is 0 Å². The summed E-state index contributed by atoms with van der Waals surface area (Å²) in [5.41, 5.74) is 0. The van der Waals surface area contributed by atoms with Gasteiger partial charge in [-0.1, -0.05) is 172 Å². The summed E-state index contributed by atoms with van der Waals surface area (Å²) in [5, 5.41) is 0. The first-order valence-corrected chi connectivity index (χ1v) is 22.0. The Bertz CT molecular complexity index is 968. The number of allylic oxidation sites excluding steroid dienone is 8. The van der Waals surface area contributed by atoms with Crippen molar-refractivity contribution in [1.29, 1.82) is 0 Å². The van der Waals surface area contributed by atoms with Crippen LogP contribution in [0.4, 0.5) is 0 Å². The highest BCUT2D eigenvalue weighted by molar-refractivity contribution is 7.46. The number of rotatable bonds is 37. The fourth-order valence-electron chi connectivity index (χ4n) is 5.60. The molecule has 0 saturated heterocycles. The average Bonchev–Trinajstić information content (AvgIpc) is 3.10. The molecular weight excluding hydrogens is 663 g/mol. The van der Waals surface area contributed by atoms with Crippen molar-refractivity contribution >= 4 is 19.8 Å². The molecule has 8 nitrogen and oxygen atoms in total. The van der Waals surface area contributed by atoms with E-state index in [1.165, 1.54) is 96.3 Å². The third kappa shape index (κ3) is 40.6. The standard InChI is InChI=1S/C42H75O8P/c1-3-5-7-9-11-13-15-17-19-20-21-23-24-26-28-30-32-34-36-41(43)48-38-40(39-49-51(45,46)47)50-42(44)37-35-33-31-29-27-25-22-18-16-14-12-10-8-6-4-2/h6,8,12,14,18,22,27,29,40H,3-5,7,9-11,13,15-17,19-21,23-26,28,30-39H2,1-2H3,(H2,45,46,47)/b8-6-,14-12-,22-18-,29-27-. The van der Waals surface area contributed by atoms with E-state index < -0.39 is 32.5 Å². The maximum absolute atomic E-state index is 12.4. The predicted molar refractivity (Wildman–Crippen MR) is 211 cm³/mol. The van der Waals surface area contributed by atoms with Crippen LogP contribution in [-0.4, -0.2) is 41.0 Å². The number of hydrogen-bond acceptors (Lipinski definition) is 6. The Labute approximate surface area is 312 Å². The molecule has 0 amide bonds. The molecule has 0 aliphatic rings. The summed E-state index contributed by atoms with van der Waals surface area (Å²) in [6.45, 7) is 3.54. The minimum Gasteiger partial charge on any atom is -0.462 e. The molecule has 9 heteroatoms. The fourth-order valence-corrected chi connectivity index (χ4v) is 5.96. The van der Waals surface area contributed by atoms with Crippen LogP contribution in [0.25, 0.3) is 0 Å². The van der Waals surface area contributed by atoms with Crippen LogP contribution in [0.2, 0.25) is 0 Å². The molecule has 1 atom stereocenters. The zero-order valence-electron chi connectivity index (χ0n) is 32.5. The first kappa shape index (κ1) is 49.0. The van der Waals surface area contributed by atoms with E-state index in [0.717, 1.165) is 57.8 Å². The van der Waals surface area contributed by atoms with Crippen molar-refractivity contribution in [2.75, 3.05) is 13.2 Å². The zero-order chi connectivity index (χ0) is 37.5. The lowest BCUT2D eigenvalue weighted by Gasteiger charge is -2.18. The highest BCUT2D eigenvalue weighted by Gasteiger charge is 2.22. The number of unbranched alkanes of at least 4 members (excludes halogenated alkanes) is 19. The molecule has 0 rings (SSSR count). The second kappa shape index (κ2) is 37.8. The SMILES string of the molecule is CC/C=C\C/C=C\C/C=C\C/C=C\CCCCC(=O)OC(COC(=O)CCCCCCCCCCCCCCCCCCCC)COP(=O)(O)O. The first-order valence-electron chi connectivity index (χ1n) is 20.4. The third-order valence-electron chi connectivity index (χ3n) is 8.61. The molecule has 0 spiro atoms. The number of phosphoric ester groups is 1. The lowest BCUT2D eigenvalue weighted by molar-refractivity contribution is -0.161. The Morgan fingerprint density at radius 2 is 0.941 bits per heavy atom. The number of carbonyl (C=O) groups excluding carboxylic acids is 2. The Morgan fingerprint density at radius 1 is 0.529 bits per heavy atom. The van der Waals surface area contributed by atoms with Crippen molar-refractivity contribution in [2.24, 2.45) is 0 Å². The Hall–Kier alpha value is -1.99. The molecule has 0 aliphatic heterocycles. The van der Waals surface area contributed by atoms with Crippen LogP contribution in [0.1, 0.15) is 187 Å². The zero-order valence-corrected chi connectivity index (χ0v) is 33.4. The smallest absolute Gasteiger partial charge is 0.462 e. The summed E-state index contributed by atoms with van der Waals surface area (Å²) in [6, 6.07) is 0. The molecular formula is C42H75O8P. The number of esters is 2. The molecule has 2 N–H and O–H groups in total. The van der Waals surface area contributed by atoms with Gasteiger partial charge < -0.3 is 19.3 Å². The van der Waals surface area contributed by atoms with E-state index in [0.29, 0.717) is 6.42 Å². The van der Waals surface area contributed by atoms with Crippen molar-refractivity contribution in [3.05, 3.63) is 48.6 Å². The van der Waals surface area contributed by atoms with Crippen molar-refractivity contribution in [2.45, 2.75) is 193 Å². The molecule has 296 valence electrons. The van der Waals surface area contributed by atoms with Gasteiger partial charge in [0.15, 0.2) is 6.10 Å². The monoisotopic (exact) mass is 739 g/mol. The quantitative estimate of drug-likeness (QED) is 0.0280. The van der Waals surface area contributed by atoms with Gasteiger partial charge >= 0.3 is 19.8 Å². The minimum atomic E-state index is -4.76. The minimum absolute atomic E-state index is 0.160. The number of carbonyl (C=O) groups is 2. The van der Waals surface area contributed by atoms with Gasteiger partial charge in [-0.25, -0.2) is 4.57 Å². The van der Waals surface area contributed by atoms with Crippen molar-refractivity contribution in [1.82, 2.24) is 0 Å². The van der Waals surface area contributed by atoms with Crippen molar-refractivity contribution < 1.29 is 37.9 Å². The molecule has 0 heterocycles. The predicted octanol–water partition coefficient (Wildman–Crippen LogP) is 12.3. The summed E-state index contributed by atoms with van der Waals surface area (Å²) >= 11 is 0. The third-order valence-corrected chi connectivity index (χ3v) is 9.10. The van der Waals surface area contributed by atoms with Gasteiger partial charge in [-0.15, -0.1) is 0 Å². The summed E-state index contributed by atoms with van der Waals surface area (Å²) < 4.78 is 26.3. The fraction of sp³-hybridized carbons (Fsp3) is 0.762. The molecule has 0 aromatic heterocycles. The largest absolute Gasteiger partial charge is 0.469 e. The van der Waals surface area contributed by atoms with E-state index in [4.69, 9.17) is 19.3 Å². The van der Waals surface area contributed by atoms with Gasteiger partial charge in [-0.3, -0.25) is 14.1 Å². The van der Waals surface area contributed by atoms with Crippen LogP contribution >= 0.6 is 7.82 Å². The number of ether oxygens (including phenoxy) is 2. The van der Waals surface area contributed by atoms with Gasteiger partial charge in [0.25, 0.3) is 0 Å². The Morgan fingerprint density at radius 3 is 1.41 bits per heavy atom. The van der Waals surface area contributed by atoms with Gasteiger partial charge in [0.05, 0.1) is 6.61 Å². The summed E-state index contributed by atoms with van der Waals surface area (Å²) in [4.78, 5) is 42.8. The first-order chi connectivity index (χ1) is 24.8. The molecule has 1 unspecified atom stereocenters. The molecule has 0 fully saturated rings. The maximum Gasteiger partial charge on any atom is 0.469 e. The maximum atomic E-state index is 12.4. The van der Waals surface area contributed by atoms with Gasteiger partial charge in [-0.05, 0) is 51.4 Å². The van der Waals surface area contributed by atoms with E-state index in [1.54, 1.807) is 0 Å². The highest BCUT2D eigenvalue weighted by Crippen LogP contribution is 2.36. The number of hydrogen-bond donors (Lipinski definition) is 2. The normalized spacial score (nSPS) is 12.9. The van der Waals surface area contributed by atoms with Gasteiger partial charge in [0.2, 0.25) is 0 Å². The Kier molecular flexibility index (Phi) is 36.3. The molecule has 0 bridgehead atoms. The molecule has 0 radical (unpaired) electrons. The van der Waals surface area contributed by atoms with E-state index in [2.05, 4.69) is 67.0 Å². The molecule has 0 aromatic carbocycles. The van der Waals surface area contributed by atoms with Crippen molar-refractivity contribution in [3.8, 4) is 0 Å². The average molecular weight is 739 g/mol. The van der Waals surface area contributed by atoms with E-state index in [9.17, 15) is 14.2 Å². The van der Waals surface area contributed by atoms with E-state index >= 15 is 0 Å². The van der Waals surface area contributed by atoms with Crippen molar-refractivity contribution in [3.63, 3.8) is 0 Å². The molecule has 0 aliphatic carbocycles. The van der Waals surface area contributed by atoms with Gasteiger partial charge in [0.1, 0.15) is 6.61 Å². The number of phosphoric acid groups is 1. The summed E-state index contributed by atoms with van der Waals surface area (Å²) in [5.74, 6) is -0.930. The van der Waals surface area contributed by atoms with Gasteiger partial charge in [0, 0.05) is 12.8 Å². The highest BCUT2D eigenvalue weighted by atomic mass is 31.2. The topological polar surface area (TPSA) is 119 Å². The Balaban J connectivity index is 3.96. The van der Waals surface area contributed by atoms with Crippen LogP contribution in [0.15, 0.2) is 48.6 Å². The molecule has 0 saturated carbocycles. The van der Waals surface area contributed by atoms with Crippen LogP contribution in [0, 0.1) is 0 Å². The molecule has 0 aromatic rings. The molecule has 51 heavy (non-hydrogen) atoms. The van der Waals surface area contributed by atoms with Gasteiger partial charge in [-0.2, -0.15) is 0 Å². The lowest BCUT2D eigenvalue weighted by atomic mass is 10.0. The second-order valence-corrected chi connectivity index (χ2v) is 14.8. The lowest BCUT2D eigenvalue weighted by Crippen LogP contribution is -2.29.